The number of ether oxygens (including phenoxy) is 1. The molecule has 1 heterocycles. The molecule has 1 aliphatic rings. The lowest BCUT2D eigenvalue weighted by atomic mass is 10.1. The molecule has 2 amide bonds. The molecule has 0 aliphatic carbocycles. The molecule has 2 aromatic rings. The van der Waals surface area contributed by atoms with E-state index in [0.29, 0.717) is 30.8 Å². The number of anilines is 1. The summed E-state index contributed by atoms with van der Waals surface area (Å²) in [5, 5.41) is 5.78. The number of halogens is 1. The quantitative estimate of drug-likeness (QED) is 0.801. The normalized spacial score (nSPS) is 16.5. The number of benzene rings is 2. The predicted molar refractivity (Wildman–Crippen MR) is 104 cm³/mol. The first-order chi connectivity index (χ1) is 13.5. The van der Waals surface area contributed by atoms with Gasteiger partial charge in [0.05, 0.1) is 19.3 Å². The number of hydrogen-bond acceptors (Lipinski definition) is 4. The van der Waals surface area contributed by atoms with Crippen molar-refractivity contribution in [3.63, 3.8) is 0 Å². The highest BCUT2D eigenvalue weighted by molar-refractivity contribution is 5.94. The first kappa shape index (κ1) is 19.8. The van der Waals surface area contributed by atoms with E-state index in [1.54, 1.807) is 47.4 Å². The Morgan fingerprint density at radius 2 is 1.93 bits per heavy atom. The summed E-state index contributed by atoms with van der Waals surface area (Å²) >= 11 is 0. The summed E-state index contributed by atoms with van der Waals surface area (Å²) in [6, 6.07) is 13.2. The molecule has 0 aromatic heterocycles. The number of carbonyl (C=O) groups excluding carboxylic acids is 2. The Bertz CT molecular complexity index is 826. The van der Waals surface area contributed by atoms with Crippen molar-refractivity contribution in [3.05, 3.63) is 65.5 Å². The third-order valence-electron chi connectivity index (χ3n) is 4.58. The molecule has 0 saturated carbocycles. The Morgan fingerprint density at radius 3 is 2.64 bits per heavy atom. The predicted octanol–water partition coefficient (Wildman–Crippen LogP) is 2.41. The molecule has 7 heteroatoms. The van der Waals surface area contributed by atoms with Crippen molar-refractivity contribution in [1.82, 2.24) is 10.2 Å². The van der Waals surface area contributed by atoms with Crippen LogP contribution in [0.4, 0.5) is 10.1 Å². The lowest BCUT2D eigenvalue weighted by Gasteiger charge is -2.31. The maximum absolute atomic E-state index is 13.6. The summed E-state index contributed by atoms with van der Waals surface area (Å²) in [6.07, 6.45) is 0.0554. The van der Waals surface area contributed by atoms with Crippen molar-refractivity contribution in [1.29, 1.82) is 0 Å². The van der Waals surface area contributed by atoms with E-state index in [4.69, 9.17) is 4.74 Å². The van der Waals surface area contributed by atoms with Crippen molar-refractivity contribution in [2.45, 2.75) is 19.6 Å². The monoisotopic (exact) mass is 385 g/mol. The highest BCUT2D eigenvalue weighted by Crippen LogP contribution is 2.11. The Balaban J connectivity index is 1.48. The van der Waals surface area contributed by atoms with Crippen LogP contribution >= 0.6 is 0 Å². The molecule has 6 nitrogen and oxygen atoms in total. The van der Waals surface area contributed by atoms with Gasteiger partial charge in [-0.1, -0.05) is 18.2 Å². The van der Waals surface area contributed by atoms with Gasteiger partial charge in [-0.2, -0.15) is 0 Å². The molecule has 2 aromatic carbocycles. The van der Waals surface area contributed by atoms with E-state index >= 15 is 0 Å². The van der Waals surface area contributed by atoms with E-state index < -0.39 is 0 Å². The van der Waals surface area contributed by atoms with Gasteiger partial charge in [-0.15, -0.1) is 0 Å². The van der Waals surface area contributed by atoms with Gasteiger partial charge in [0.1, 0.15) is 5.82 Å². The van der Waals surface area contributed by atoms with Crippen molar-refractivity contribution in [3.8, 4) is 0 Å². The Labute approximate surface area is 163 Å². The SMILES string of the molecule is CC1CN(C(=O)CNc2ccc(C(=O)NCc3ccccc3F)cc2)CCO1. The van der Waals surface area contributed by atoms with Gasteiger partial charge >= 0.3 is 0 Å². The largest absolute Gasteiger partial charge is 0.376 e. The molecule has 1 fully saturated rings. The standard InChI is InChI=1S/C21H24FN3O3/c1-15-14-25(10-11-28-15)20(26)13-23-18-8-6-16(7-9-18)21(27)24-12-17-4-2-3-5-19(17)22/h2-9,15,23H,10-14H2,1H3,(H,24,27). The number of hydrogen-bond donors (Lipinski definition) is 2. The van der Waals surface area contributed by atoms with Gasteiger partial charge in [-0.05, 0) is 37.3 Å². The molecule has 0 spiro atoms. The zero-order valence-corrected chi connectivity index (χ0v) is 15.8. The van der Waals surface area contributed by atoms with Crippen LogP contribution in [0.3, 0.4) is 0 Å². The van der Waals surface area contributed by atoms with Crippen LogP contribution in [0.1, 0.15) is 22.8 Å². The second-order valence-corrected chi connectivity index (χ2v) is 6.73. The third kappa shape index (κ3) is 5.29. The lowest BCUT2D eigenvalue weighted by molar-refractivity contribution is -0.136. The second kappa shape index (κ2) is 9.32. The third-order valence-corrected chi connectivity index (χ3v) is 4.58. The van der Waals surface area contributed by atoms with Crippen LogP contribution in [0, 0.1) is 5.82 Å². The smallest absolute Gasteiger partial charge is 0.251 e. The summed E-state index contributed by atoms with van der Waals surface area (Å²) in [6.45, 7) is 4.02. The van der Waals surface area contributed by atoms with Crippen LogP contribution in [0.25, 0.3) is 0 Å². The van der Waals surface area contributed by atoms with Crippen LogP contribution in [0.2, 0.25) is 0 Å². The molecular weight excluding hydrogens is 361 g/mol. The zero-order chi connectivity index (χ0) is 19.9. The molecular formula is C21H24FN3O3. The number of nitrogens with one attached hydrogen (secondary N) is 2. The van der Waals surface area contributed by atoms with Gasteiger partial charge in [0, 0.05) is 36.4 Å². The second-order valence-electron chi connectivity index (χ2n) is 6.73. The average Bonchev–Trinajstić information content (AvgIpc) is 2.71. The van der Waals surface area contributed by atoms with E-state index in [-0.39, 0.29) is 36.8 Å². The fourth-order valence-electron chi connectivity index (χ4n) is 2.99. The van der Waals surface area contributed by atoms with Gasteiger partial charge in [0.15, 0.2) is 0 Å². The van der Waals surface area contributed by atoms with E-state index in [9.17, 15) is 14.0 Å². The van der Waals surface area contributed by atoms with Crippen molar-refractivity contribution in [2.75, 3.05) is 31.6 Å². The first-order valence-electron chi connectivity index (χ1n) is 9.28. The summed E-state index contributed by atoms with van der Waals surface area (Å²) in [5.41, 5.74) is 1.65. The van der Waals surface area contributed by atoms with Crippen molar-refractivity contribution in [2.24, 2.45) is 0 Å². The fraction of sp³-hybridized carbons (Fsp3) is 0.333. The maximum Gasteiger partial charge on any atom is 0.251 e. The van der Waals surface area contributed by atoms with Crippen molar-refractivity contribution >= 4 is 17.5 Å². The van der Waals surface area contributed by atoms with E-state index in [1.807, 2.05) is 6.92 Å². The Kier molecular flexibility index (Phi) is 6.60. The highest BCUT2D eigenvalue weighted by Gasteiger charge is 2.20. The zero-order valence-electron chi connectivity index (χ0n) is 15.8. The number of amides is 2. The Morgan fingerprint density at radius 1 is 1.18 bits per heavy atom. The number of rotatable bonds is 6. The lowest BCUT2D eigenvalue weighted by Crippen LogP contribution is -2.46. The minimum Gasteiger partial charge on any atom is -0.376 e. The van der Waals surface area contributed by atoms with E-state index in [1.165, 1.54) is 6.07 Å². The van der Waals surface area contributed by atoms with Gasteiger partial charge < -0.3 is 20.3 Å². The molecule has 0 radical (unpaired) electrons. The van der Waals surface area contributed by atoms with E-state index in [0.717, 1.165) is 5.69 Å². The highest BCUT2D eigenvalue weighted by atomic mass is 19.1. The van der Waals surface area contributed by atoms with Gasteiger partial charge in [0.2, 0.25) is 5.91 Å². The summed E-state index contributed by atoms with van der Waals surface area (Å²) in [4.78, 5) is 26.3. The summed E-state index contributed by atoms with van der Waals surface area (Å²) in [7, 11) is 0. The van der Waals surface area contributed by atoms with Crippen LogP contribution < -0.4 is 10.6 Å². The van der Waals surface area contributed by atoms with Gasteiger partial charge in [-0.3, -0.25) is 9.59 Å². The topological polar surface area (TPSA) is 70.7 Å². The van der Waals surface area contributed by atoms with Crippen LogP contribution in [-0.2, 0) is 16.1 Å². The van der Waals surface area contributed by atoms with Gasteiger partial charge in [-0.25, -0.2) is 4.39 Å². The molecule has 28 heavy (non-hydrogen) atoms. The minimum atomic E-state index is -0.346. The Hall–Kier alpha value is -2.93. The summed E-state index contributed by atoms with van der Waals surface area (Å²) < 4.78 is 19.0. The minimum absolute atomic E-state index is 0.0156. The molecule has 148 valence electrons. The van der Waals surface area contributed by atoms with Crippen LogP contribution in [-0.4, -0.2) is 49.1 Å². The fourth-order valence-corrected chi connectivity index (χ4v) is 2.99. The molecule has 1 atom stereocenters. The first-order valence-corrected chi connectivity index (χ1v) is 9.28. The number of carbonyl (C=O) groups is 2. The molecule has 1 aliphatic heterocycles. The number of nitrogens with zero attached hydrogens (tertiary/aromatic N) is 1. The maximum atomic E-state index is 13.6. The van der Waals surface area contributed by atoms with Crippen molar-refractivity contribution < 1.29 is 18.7 Å². The van der Waals surface area contributed by atoms with Crippen LogP contribution in [0.5, 0.6) is 0 Å². The van der Waals surface area contributed by atoms with E-state index in [2.05, 4.69) is 10.6 Å². The van der Waals surface area contributed by atoms with Crippen LogP contribution in [0.15, 0.2) is 48.5 Å². The molecule has 0 bridgehead atoms. The summed E-state index contributed by atoms with van der Waals surface area (Å²) in [5.74, 6) is -0.614. The molecule has 2 N–H and O–H groups in total. The molecule has 3 rings (SSSR count). The number of morpholine rings is 1. The molecule has 1 saturated heterocycles. The average molecular weight is 385 g/mol. The van der Waals surface area contributed by atoms with Gasteiger partial charge in [0.25, 0.3) is 5.91 Å². The molecule has 1 unspecified atom stereocenters.